The molecule has 3 heteroatoms. The van der Waals surface area contributed by atoms with Crippen LogP contribution >= 0.6 is 0 Å². The number of hydrogen-bond donors (Lipinski definition) is 0. The highest BCUT2D eigenvalue weighted by Crippen LogP contribution is 2.61. The number of hydrogen-bond acceptors (Lipinski definition) is 3. The number of Topliss-reactive ketones (excluding diaryl/α,β-unsaturated/α-hetero) is 2. The molecule has 0 aromatic rings. The van der Waals surface area contributed by atoms with Gasteiger partial charge in [-0.05, 0) is 63.4 Å². The normalized spacial score (nSPS) is 45.0. The molecule has 0 unspecified atom stereocenters. The van der Waals surface area contributed by atoms with Gasteiger partial charge in [0, 0.05) is 23.7 Å². The Morgan fingerprint density at radius 2 is 1.73 bits per heavy atom. The Kier molecular flexibility index (Phi) is 3.65. The van der Waals surface area contributed by atoms with Gasteiger partial charge in [-0.2, -0.15) is 0 Å². The molecule has 0 bridgehead atoms. The fraction of sp³-hybridized carbons (Fsp3) is 0.737. The monoisotopic (exact) mass is 305 g/mol. The maximum Gasteiger partial charge on any atom is 0.152 e. The molecule has 0 N–H and O–H groups in total. The van der Waals surface area contributed by atoms with Crippen molar-refractivity contribution in [3.8, 4) is 0 Å². The minimum Gasteiger partial charge on any atom is -0.299 e. The summed E-state index contributed by atoms with van der Waals surface area (Å²) < 4.78 is 0. The van der Waals surface area contributed by atoms with Gasteiger partial charge in [-0.25, -0.2) is 0 Å². The van der Waals surface area contributed by atoms with E-state index in [1.165, 1.54) is 6.92 Å². The quantitative estimate of drug-likeness (QED) is 0.579. The van der Waals surface area contributed by atoms with Crippen molar-refractivity contribution in [2.24, 2.45) is 28.6 Å². The van der Waals surface area contributed by atoms with Crippen LogP contribution in [0.25, 0.3) is 0 Å². The van der Waals surface area contributed by atoms with E-state index in [0.717, 1.165) is 25.7 Å². The Balaban J connectivity index is 1.94. The van der Waals surface area contributed by atoms with E-state index in [4.69, 9.17) is 0 Å². The number of fused-ring (bicyclic) bond motifs is 3. The molecule has 0 spiro atoms. The molecule has 0 aromatic carbocycles. The van der Waals surface area contributed by atoms with Crippen LogP contribution in [0, 0.1) is 28.6 Å². The van der Waals surface area contributed by atoms with Crippen LogP contribution in [0.4, 0.5) is 0 Å². The third-order valence-electron chi connectivity index (χ3n) is 6.89. The summed E-state index contributed by atoms with van der Waals surface area (Å²) in [7, 11) is 0. The zero-order chi connectivity index (χ0) is 16.1. The average molecular weight is 305 g/mol. The summed E-state index contributed by atoms with van der Waals surface area (Å²) in [6.45, 7) is 5.67. The number of rotatable bonds is 2. The Hall–Kier alpha value is -1.25. The first-order chi connectivity index (χ1) is 10.3. The van der Waals surface area contributed by atoms with Gasteiger partial charge in [-0.1, -0.05) is 13.0 Å². The van der Waals surface area contributed by atoms with E-state index >= 15 is 0 Å². The van der Waals surface area contributed by atoms with Crippen LogP contribution in [0.1, 0.15) is 59.3 Å². The molecule has 0 heterocycles. The van der Waals surface area contributed by atoms with E-state index in [-0.39, 0.29) is 22.9 Å². The number of carbonyl (C=O) groups excluding carboxylic acids is 3. The van der Waals surface area contributed by atoms with Crippen molar-refractivity contribution in [1.29, 1.82) is 0 Å². The second-order valence-electron chi connectivity index (χ2n) is 7.98. The molecular weight excluding hydrogens is 279 g/mol. The molecule has 3 saturated carbocycles. The minimum absolute atomic E-state index is 0.00663. The van der Waals surface area contributed by atoms with Gasteiger partial charge in [0.1, 0.15) is 11.6 Å². The van der Waals surface area contributed by atoms with Crippen LogP contribution < -0.4 is 0 Å². The molecule has 3 nitrogen and oxygen atoms in total. The highest BCUT2D eigenvalue weighted by Gasteiger charge is 2.58. The SMILES string of the molecule is C[C@]1(/C=[13CH]/[13C]([13CH3])=O)C(=O)CC[C@@H]2[C@@H]1CC[C@]1(C)C(=O)CC[C@@H]21. The molecule has 3 aliphatic rings. The first kappa shape index (κ1) is 15.6. The van der Waals surface area contributed by atoms with Crippen LogP contribution in [-0.2, 0) is 14.4 Å². The molecule has 5 atom stereocenters. The average Bonchev–Trinajstić information content (AvgIpc) is 2.77. The lowest BCUT2D eigenvalue weighted by Gasteiger charge is -2.53. The lowest BCUT2D eigenvalue weighted by atomic mass is 9.50. The zero-order valence-electron chi connectivity index (χ0n) is 13.9. The molecule has 0 aromatic heterocycles. The standard InChI is InChI=1S/C19H26O3/c1-12(20)8-10-18(2)15-9-11-19(3)14(5-7-17(19)22)13(15)4-6-16(18)21/h8,10,13-15H,4-7,9,11H2,1-3H3/b10-8+/t13-,14-,15-,18+,19-/m0/s1/i1+1,8+1,12+1. The Morgan fingerprint density at radius 3 is 2.41 bits per heavy atom. The van der Waals surface area contributed by atoms with Crippen molar-refractivity contribution < 1.29 is 14.4 Å². The first-order valence-corrected chi connectivity index (χ1v) is 8.55. The molecule has 0 radical (unpaired) electrons. The molecule has 0 amide bonds. The molecule has 3 aliphatic carbocycles. The minimum atomic E-state index is -0.526. The van der Waals surface area contributed by atoms with E-state index in [2.05, 4.69) is 6.92 Å². The van der Waals surface area contributed by atoms with Crippen molar-refractivity contribution >= 4 is 17.3 Å². The Morgan fingerprint density at radius 1 is 1.05 bits per heavy atom. The highest BCUT2D eigenvalue weighted by molar-refractivity contribution is 5.92. The van der Waals surface area contributed by atoms with Crippen molar-refractivity contribution in [2.45, 2.75) is 59.3 Å². The summed E-state index contributed by atoms with van der Waals surface area (Å²) in [5.41, 5.74) is -0.686. The van der Waals surface area contributed by atoms with Crippen LogP contribution in [0.2, 0.25) is 0 Å². The lowest BCUT2D eigenvalue weighted by molar-refractivity contribution is -0.142. The summed E-state index contributed by atoms with van der Waals surface area (Å²) in [5.74, 6) is 1.84. The van der Waals surface area contributed by atoms with Gasteiger partial charge >= 0.3 is 0 Å². The van der Waals surface area contributed by atoms with Gasteiger partial charge in [-0.3, -0.25) is 14.4 Å². The molecule has 0 aliphatic heterocycles. The summed E-state index contributed by atoms with van der Waals surface area (Å²) >= 11 is 0. The van der Waals surface area contributed by atoms with E-state index < -0.39 is 5.41 Å². The largest absolute Gasteiger partial charge is 0.299 e. The van der Waals surface area contributed by atoms with Gasteiger partial charge in [0.25, 0.3) is 0 Å². The van der Waals surface area contributed by atoms with E-state index in [1.807, 2.05) is 13.0 Å². The van der Waals surface area contributed by atoms with Crippen LogP contribution in [0.3, 0.4) is 0 Å². The maximum absolute atomic E-state index is 12.6. The van der Waals surface area contributed by atoms with Crippen molar-refractivity contribution in [1.82, 2.24) is 0 Å². The first-order valence-electron chi connectivity index (χ1n) is 8.55. The van der Waals surface area contributed by atoms with Crippen LogP contribution in [-0.4, -0.2) is 17.3 Å². The predicted octanol–water partition coefficient (Wildman–Crippen LogP) is 3.51. The fourth-order valence-corrected chi connectivity index (χ4v) is 5.49. The second-order valence-corrected chi connectivity index (χ2v) is 7.98. The molecule has 120 valence electrons. The van der Waals surface area contributed by atoms with Crippen LogP contribution in [0.15, 0.2) is 12.2 Å². The third kappa shape index (κ3) is 2.12. The molecule has 22 heavy (non-hydrogen) atoms. The van der Waals surface area contributed by atoms with E-state index in [9.17, 15) is 14.4 Å². The van der Waals surface area contributed by atoms with Gasteiger partial charge < -0.3 is 0 Å². The van der Waals surface area contributed by atoms with E-state index in [1.54, 1.807) is 6.08 Å². The van der Waals surface area contributed by atoms with Crippen molar-refractivity contribution in [3.63, 3.8) is 0 Å². The predicted molar refractivity (Wildman–Crippen MR) is 84.2 cm³/mol. The maximum atomic E-state index is 12.6. The fourth-order valence-electron chi connectivity index (χ4n) is 5.49. The van der Waals surface area contributed by atoms with Gasteiger partial charge in [0.2, 0.25) is 0 Å². The summed E-state index contributed by atoms with van der Waals surface area (Å²) in [6, 6.07) is 0. The van der Waals surface area contributed by atoms with E-state index in [0.29, 0.717) is 30.5 Å². The van der Waals surface area contributed by atoms with Gasteiger partial charge in [-0.15, -0.1) is 0 Å². The second kappa shape index (κ2) is 5.14. The third-order valence-corrected chi connectivity index (χ3v) is 6.89. The molecule has 3 fully saturated rings. The zero-order valence-corrected chi connectivity index (χ0v) is 13.9. The van der Waals surface area contributed by atoms with Crippen molar-refractivity contribution in [3.05, 3.63) is 12.2 Å². The summed E-state index contributed by atoms with van der Waals surface area (Å²) in [6.07, 6.45) is 8.43. The number of ketones is 3. The summed E-state index contributed by atoms with van der Waals surface area (Å²) in [4.78, 5) is 36.2. The molecule has 3 rings (SSSR count). The Bertz CT molecular complexity index is 561. The topological polar surface area (TPSA) is 51.2 Å². The van der Waals surface area contributed by atoms with Gasteiger partial charge in [0.15, 0.2) is 5.78 Å². The van der Waals surface area contributed by atoms with Crippen molar-refractivity contribution in [2.75, 3.05) is 0 Å². The number of allylic oxidation sites excluding steroid dienone is 2. The van der Waals surface area contributed by atoms with Gasteiger partial charge in [0.05, 0.1) is 0 Å². The smallest absolute Gasteiger partial charge is 0.152 e. The molecule has 0 saturated heterocycles. The highest BCUT2D eigenvalue weighted by atomic mass is 16.2. The summed E-state index contributed by atoms with van der Waals surface area (Å²) in [5, 5.41) is 0. The molecular formula is C19H26O3. The van der Waals surface area contributed by atoms with Crippen LogP contribution in [0.5, 0.6) is 0 Å². The number of carbonyl (C=O) groups is 3. The Labute approximate surface area is 132 Å². The lowest BCUT2D eigenvalue weighted by Crippen LogP contribution is -2.51.